The molecule has 0 saturated heterocycles. The van der Waals surface area contributed by atoms with Crippen molar-refractivity contribution in [1.82, 2.24) is 0 Å². The number of carbonyl (C=O) groups is 1. The van der Waals surface area contributed by atoms with E-state index in [1.54, 1.807) is 0 Å². The van der Waals surface area contributed by atoms with Crippen LogP contribution in [-0.4, -0.2) is 5.91 Å². The van der Waals surface area contributed by atoms with E-state index in [4.69, 9.17) is 5.73 Å². The van der Waals surface area contributed by atoms with Crippen LogP contribution in [0.4, 0.5) is 13.2 Å². The maximum absolute atomic E-state index is 12.8. The molecule has 0 radical (unpaired) electrons. The Morgan fingerprint density at radius 1 is 1.23 bits per heavy atom. The first-order valence-corrected chi connectivity index (χ1v) is 3.43. The largest absolute Gasteiger partial charge is 0.369 e. The summed E-state index contributed by atoms with van der Waals surface area (Å²) in [5.41, 5.74) is 4.52. The smallest absolute Gasteiger partial charge is 0.221 e. The van der Waals surface area contributed by atoms with Crippen LogP contribution >= 0.6 is 0 Å². The second-order valence-corrected chi connectivity index (χ2v) is 2.48. The number of primary amides is 1. The average Bonchev–Trinajstić information content (AvgIpc) is 2.06. The molecule has 0 aliphatic carbocycles. The molecule has 70 valence electrons. The Morgan fingerprint density at radius 3 is 2.38 bits per heavy atom. The molecule has 0 spiro atoms. The van der Waals surface area contributed by atoms with E-state index < -0.39 is 29.8 Å². The number of nitrogens with two attached hydrogens (primary N) is 1. The van der Waals surface area contributed by atoms with Crippen LogP contribution in [0.3, 0.4) is 0 Å². The molecule has 0 unspecified atom stereocenters. The number of benzene rings is 1. The van der Waals surface area contributed by atoms with Crippen molar-refractivity contribution in [2.45, 2.75) is 6.42 Å². The van der Waals surface area contributed by atoms with Gasteiger partial charge in [-0.15, -0.1) is 0 Å². The second-order valence-electron chi connectivity index (χ2n) is 2.48. The van der Waals surface area contributed by atoms with Crippen LogP contribution in [0.1, 0.15) is 5.56 Å². The van der Waals surface area contributed by atoms with E-state index in [0.29, 0.717) is 0 Å². The molecule has 0 aliphatic rings. The third-order valence-electron chi connectivity index (χ3n) is 1.48. The van der Waals surface area contributed by atoms with Gasteiger partial charge >= 0.3 is 0 Å². The van der Waals surface area contributed by atoms with Gasteiger partial charge in [0, 0.05) is 5.56 Å². The molecule has 1 aromatic carbocycles. The molecule has 1 rings (SSSR count). The number of hydrogen-bond acceptors (Lipinski definition) is 1. The molecule has 0 bridgehead atoms. The highest BCUT2D eigenvalue weighted by molar-refractivity contribution is 5.76. The first-order chi connectivity index (χ1) is 6.02. The van der Waals surface area contributed by atoms with Crippen molar-refractivity contribution in [2.75, 3.05) is 0 Å². The molecular weight excluding hydrogens is 183 g/mol. The molecule has 1 aromatic rings. The molecule has 1 amide bonds. The summed E-state index contributed by atoms with van der Waals surface area (Å²) < 4.78 is 37.7. The zero-order valence-electron chi connectivity index (χ0n) is 6.48. The van der Waals surface area contributed by atoms with Crippen LogP contribution in [0, 0.1) is 17.5 Å². The van der Waals surface area contributed by atoms with Crippen LogP contribution in [-0.2, 0) is 11.2 Å². The standard InChI is InChI=1S/C8H6F3NO/c9-5-2-1-4(3-6(12)13)7(10)8(5)11/h1-2H,3H2,(H2,12,13). The first kappa shape index (κ1) is 9.57. The van der Waals surface area contributed by atoms with E-state index in [2.05, 4.69) is 0 Å². The van der Waals surface area contributed by atoms with Gasteiger partial charge in [0.1, 0.15) is 0 Å². The number of carbonyl (C=O) groups excluding carboxylic acids is 1. The number of halogens is 3. The predicted molar refractivity (Wildman–Crippen MR) is 39.2 cm³/mol. The van der Waals surface area contributed by atoms with Gasteiger partial charge in [0.25, 0.3) is 0 Å². The van der Waals surface area contributed by atoms with E-state index in [1.165, 1.54) is 0 Å². The number of amides is 1. The van der Waals surface area contributed by atoms with Crippen LogP contribution < -0.4 is 5.73 Å². The predicted octanol–water partition coefficient (Wildman–Crippen LogP) is 1.13. The van der Waals surface area contributed by atoms with Gasteiger partial charge in [-0.2, -0.15) is 0 Å². The summed E-state index contributed by atoms with van der Waals surface area (Å²) in [7, 11) is 0. The lowest BCUT2D eigenvalue weighted by Gasteiger charge is -2.01. The Hall–Kier alpha value is -1.52. The van der Waals surface area contributed by atoms with Crippen molar-refractivity contribution in [3.8, 4) is 0 Å². The molecule has 2 N–H and O–H groups in total. The zero-order valence-corrected chi connectivity index (χ0v) is 6.48. The fraction of sp³-hybridized carbons (Fsp3) is 0.125. The van der Waals surface area contributed by atoms with E-state index in [-0.39, 0.29) is 5.56 Å². The molecule has 2 nitrogen and oxygen atoms in total. The third-order valence-corrected chi connectivity index (χ3v) is 1.48. The maximum Gasteiger partial charge on any atom is 0.221 e. The van der Waals surface area contributed by atoms with Crippen LogP contribution in [0.25, 0.3) is 0 Å². The molecular formula is C8H6F3NO. The molecule has 0 heterocycles. The molecule has 5 heteroatoms. The maximum atomic E-state index is 12.8. The Bertz CT molecular complexity index is 351. The molecule has 0 fully saturated rings. The Balaban J connectivity index is 3.10. The van der Waals surface area contributed by atoms with Gasteiger partial charge in [-0.25, -0.2) is 13.2 Å². The lowest BCUT2D eigenvalue weighted by molar-refractivity contribution is -0.117. The van der Waals surface area contributed by atoms with Gasteiger partial charge in [0.2, 0.25) is 5.91 Å². The lowest BCUT2D eigenvalue weighted by atomic mass is 10.1. The molecule has 0 saturated carbocycles. The quantitative estimate of drug-likeness (QED) is 0.696. The van der Waals surface area contributed by atoms with Crippen molar-refractivity contribution in [1.29, 1.82) is 0 Å². The summed E-state index contributed by atoms with van der Waals surface area (Å²) in [4.78, 5) is 10.4. The molecule has 0 aromatic heterocycles. The summed E-state index contributed by atoms with van der Waals surface area (Å²) >= 11 is 0. The topological polar surface area (TPSA) is 43.1 Å². The number of hydrogen-bond donors (Lipinski definition) is 1. The second kappa shape index (κ2) is 3.47. The highest BCUT2D eigenvalue weighted by Gasteiger charge is 2.14. The fourth-order valence-corrected chi connectivity index (χ4v) is 0.890. The molecule has 0 aliphatic heterocycles. The van der Waals surface area contributed by atoms with Gasteiger partial charge in [-0.1, -0.05) is 6.07 Å². The van der Waals surface area contributed by atoms with E-state index in [0.717, 1.165) is 12.1 Å². The summed E-state index contributed by atoms with van der Waals surface area (Å²) in [5, 5.41) is 0. The minimum atomic E-state index is -1.58. The third kappa shape index (κ3) is 1.99. The Kier molecular flexibility index (Phi) is 2.55. The van der Waals surface area contributed by atoms with Crippen molar-refractivity contribution < 1.29 is 18.0 Å². The molecule has 13 heavy (non-hydrogen) atoms. The normalized spacial score (nSPS) is 10.1. The summed E-state index contributed by atoms with van der Waals surface area (Å²) in [6.45, 7) is 0. The lowest BCUT2D eigenvalue weighted by Crippen LogP contribution is -2.15. The first-order valence-electron chi connectivity index (χ1n) is 3.43. The SMILES string of the molecule is NC(=O)Cc1ccc(F)c(F)c1F. The highest BCUT2D eigenvalue weighted by Crippen LogP contribution is 2.15. The fourth-order valence-electron chi connectivity index (χ4n) is 0.890. The van der Waals surface area contributed by atoms with Gasteiger partial charge in [0.05, 0.1) is 6.42 Å². The summed E-state index contributed by atoms with van der Waals surface area (Å²) in [5.74, 6) is -5.03. The Labute approximate surface area is 72.2 Å². The van der Waals surface area contributed by atoms with Crippen molar-refractivity contribution >= 4 is 5.91 Å². The van der Waals surface area contributed by atoms with Gasteiger partial charge < -0.3 is 5.73 Å². The van der Waals surface area contributed by atoms with Gasteiger partial charge in [0.15, 0.2) is 17.5 Å². The van der Waals surface area contributed by atoms with Crippen LogP contribution in [0.5, 0.6) is 0 Å². The summed E-state index contributed by atoms with van der Waals surface area (Å²) in [6, 6.07) is 1.73. The van der Waals surface area contributed by atoms with E-state index in [1.807, 2.05) is 0 Å². The van der Waals surface area contributed by atoms with Crippen LogP contribution in [0.15, 0.2) is 12.1 Å². The average molecular weight is 189 g/mol. The highest BCUT2D eigenvalue weighted by atomic mass is 19.2. The minimum Gasteiger partial charge on any atom is -0.369 e. The number of rotatable bonds is 2. The van der Waals surface area contributed by atoms with Crippen molar-refractivity contribution in [3.05, 3.63) is 35.1 Å². The van der Waals surface area contributed by atoms with E-state index in [9.17, 15) is 18.0 Å². The van der Waals surface area contributed by atoms with E-state index >= 15 is 0 Å². The Morgan fingerprint density at radius 2 is 1.85 bits per heavy atom. The molecule has 0 atom stereocenters. The van der Waals surface area contributed by atoms with Gasteiger partial charge in [-0.3, -0.25) is 4.79 Å². The monoisotopic (exact) mass is 189 g/mol. The van der Waals surface area contributed by atoms with Gasteiger partial charge in [-0.05, 0) is 6.07 Å². The van der Waals surface area contributed by atoms with Crippen LogP contribution in [0.2, 0.25) is 0 Å². The summed E-state index contributed by atoms with van der Waals surface area (Å²) in [6.07, 6.45) is -0.441. The minimum absolute atomic E-state index is 0.244. The van der Waals surface area contributed by atoms with Crippen molar-refractivity contribution in [3.63, 3.8) is 0 Å². The zero-order chi connectivity index (χ0) is 10.0. The van der Waals surface area contributed by atoms with Crippen molar-refractivity contribution in [2.24, 2.45) is 5.73 Å².